The Hall–Kier alpha value is -2.76. The van der Waals surface area contributed by atoms with Crippen LogP contribution in [0.25, 0.3) is 0 Å². The Kier molecular flexibility index (Phi) is 7.51. The number of para-hydroxylation sites is 1. The van der Waals surface area contributed by atoms with Crippen molar-refractivity contribution in [1.82, 2.24) is 15.0 Å². The molecule has 1 aliphatic rings. The van der Waals surface area contributed by atoms with Gasteiger partial charge in [0.2, 0.25) is 17.8 Å². The highest BCUT2D eigenvalue weighted by Crippen LogP contribution is 2.31. The van der Waals surface area contributed by atoms with Crippen LogP contribution in [0.15, 0.2) is 56.5 Å². The van der Waals surface area contributed by atoms with E-state index in [9.17, 15) is 0 Å². The molecule has 1 aliphatic heterocycles. The van der Waals surface area contributed by atoms with Crippen molar-refractivity contribution >= 4 is 61.6 Å². The van der Waals surface area contributed by atoms with Crippen LogP contribution in [0, 0.1) is 0 Å². The van der Waals surface area contributed by atoms with Crippen molar-refractivity contribution in [2.24, 2.45) is 5.10 Å². The second-order valence-corrected chi connectivity index (χ2v) is 8.52. The minimum absolute atomic E-state index is 0.323. The maximum atomic E-state index is 5.46. The predicted molar refractivity (Wildman–Crippen MR) is 132 cm³/mol. The lowest BCUT2D eigenvalue weighted by molar-refractivity contribution is 0.122. The summed E-state index contributed by atoms with van der Waals surface area (Å²) in [6.07, 6.45) is 1.65. The maximum absolute atomic E-state index is 5.46. The third-order valence-corrected chi connectivity index (χ3v) is 5.60. The Morgan fingerprint density at radius 3 is 2.56 bits per heavy atom. The molecular weight excluding hydrogens is 542 g/mol. The van der Waals surface area contributed by atoms with Gasteiger partial charge in [-0.3, -0.25) is 0 Å². The number of anilines is 4. The SMILES string of the molecule is COc1c(Br)cc(Br)cc1/C=N/Nc1nc(Nc2ccccc2)nc(N2CCOCC2)n1. The fourth-order valence-electron chi connectivity index (χ4n) is 3.08. The molecule has 0 unspecified atom stereocenters. The van der Waals surface area contributed by atoms with Crippen LogP contribution in [-0.2, 0) is 4.74 Å². The minimum Gasteiger partial charge on any atom is -0.495 e. The van der Waals surface area contributed by atoms with Crippen molar-refractivity contribution < 1.29 is 9.47 Å². The van der Waals surface area contributed by atoms with Crippen LogP contribution in [0.5, 0.6) is 5.75 Å². The molecule has 0 amide bonds. The molecule has 2 N–H and O–H groups in total. The molecule has 0 spiro atoms. The number of halogens is 2. The molecule has 0 aliphatic carbocycles. The van der Waals surface area contributed by atoms with E-state index in [2.05, 4.69) is 67.6 Å². The standard InChI is InChI=1S/C21H21Br2N7O2/c1-31-18-14(11-15(22)12-17(18)23)13-24-29-20-26-19(25-16-5-3-2-4-6-16)27-21(28-20)30-7-9-32-10-8-30/h2-6,11-13H,7-10H2,1H3,(H2,25,26,27,28,29)/b24-13+. The molecule has 3 aromatic rings. The van der Waals surface area contributed by atoms with E-state index in [1.807, 2.05) is 42.5 Å². The first-order valence-corrected chi connectivity index (χ1v) is 11.4. The van der Waals surface area contributed by atoms with E-state index >= 15 is 0 Å². The van der Waals surface area contributed by atoms with Crippen LogP contribution in [0.3, 0.4) is 0 Å². The molecule has 0 saturated carbocycles. The monoisotopic (exact) mass is 561 g/mol. The number of methoxy groups -OCH3 is 1. The summed E-state index contributed by atoms with van der Waals surface area (Å²) in [6, 6.07) is 13.5. The summed E-state index contributed by atoms with van der Waals surface area (Å²) in [7, 11) is 1.61. The summed E-state index contributed by atoms with van der Waals surface area (Å²) >= 11 is 6.98. The lowest BCUT2D eigenvalue weighted by atomic mass is 10.2. The molecule has 2 aromatic carbocycles. The summed E-state index contributed by atoms with van der Waals surface area (Å²) in [5.41, 5.74) is 4.58. The van der Waals surface area contributed by atoms with E-state index in [0.29, 0.717) is 49.9 Å². The van der Waals surface area contributed by atoms with Gasteiger partial charge in [0, 0.05) is 28.8 Å². The Labute approximate surface area is 202 Å². The molecule has 1 saturated heterocycles. The maximum Gasteiger partial charge on any atom is 0.250 e. The normalized spacial score (nSPS) is 13.9. The highest BCUT2D eigenvalue weighted by molar-refractivity contribution is 9.11. The molecule has 0 radical (unpaired) electrons. The van der Waals surface area contributed by atoms with Gasteiger partial charge in [-0.05, 0) is 40.2 Å². The summed E-state index contributed by atoms with van der Waals surface area (Å²) in [4.78, 5) is 15.6. The summed E-state index contributed by atoms with van der Waals surface area (Å²) in [5, 5.41) is 7.54. The number of benzene rings is 2. The molecule has 11 heteroatoms. The zero-order valence-electron chi connectivity index (χ0n) is 17.3. The highest BCUT2D eigenvalue weighted by atomic mass is 79.9. The second kappa shape index (κ2) is 10.7. The Morgan fingerprint density at radius 1 is 1.06 bits per heavy atom. The van der Waals surface area contributed by atoms with E-state index in [-0.39, 0.29) is 0 Å². The van der Waals surface area contributed by atoms with Crippen molar-refractivity contribution in [2.75, 3.05) is 49.1 Å². The van der Waals surface area contributed by atoms with E-state index in [0.717, 1.165) is 20.2 Å². The van der Waals surface area contributed by atoms with Crippen molar-refractivity contribution in [2.45, 2.75) is 0 Å². The number of rotatable bonds is 7. The first kappa shape index (κ1) is 22.4. The number of hydrazone groups is 1. The number of hydrogen-bond acceptors (Lipinski definition) is 9. The fraction of sp³-hybridized carbons (Fsp3) is 0.238. The van der Waals surface area contributed by atoms with Crippen LogP contribution in [0.1, 0.15) is 5.56 Å². The van der Waals surface area contributed by atoms with Crippen molar-refractivity contribution in [3.8, 4) is 5.75 Å². The van der Waals surface area contributed by atoms with Gasteiger partial charge in [0.25, 0.3) is 0 Å². The molecule has 32 heavy (non-hydrogen) atoms. The van der Waals surface area contributed by atoms with Gasteiger partial charge in [0.1, 0.15) is 5.75 Å². The zero-order chi connectivity index (χ0) is 22.3. The first-order chi connectivity index (χ1) is 15.6. The molecule has 9 nitrogen and oxygen atoms in total. The molecule has 2 heterocycles. The first-order valence-electron chi connectivity index (χ1n) is 9.85. The molecule has 0 atom stereocenters. The van der Waals surface area contributed by atoms with Crippen LogP contribution >= 0.6 is 31.9 Å². The summed E-state index contributed by atoms with van der Waals surface area (Å²) in [6.45, 7) is 2.68. The van der Waals surface area contributed by atoms with Gasteiger partial charge in [0.15, 0.2) is 0 Å². The van der Waals surface area contributed by atoms with Gasteiger partial charge in [-0.1, -0.05) is 34.1 Å². The number of aromatic nitrogens is 3. The third-order valence-electron chi connectivity index (χ3n) is 4.56. The largest absolute Gasteiger partial charge is 0.495 e. The average molecular weight is 563 g/mol. The highest BCUT2D eigenvalue weighted by Gasteiger charge is 2.17. The van der Waals surface area contributed by atoms with Crippen molar-refractivity contribution in [3.63, 3.8) is 0 Å². The minimum atomic E-state index is 0.323. The van der Waals surface area contributed by atoms with Gasteiger partial charge in [-0.25, -0.2) is 5.43 Å². The van der Waals surface area contributed by atoms with E-state index in [1.165, 1.54) is 0 Å². The van der Waals surface area contributed by atoms with Crippen LogP contribution in [0.2, 0.25) is 0 Å². The third kappa shape index (κ3) is 5.72. The lowest BCUT2D eigenvalue weighted by Crippen LogP contribution is -2.37. The van der Waals surface area contributed by atoms with Gasteiger partial charge >= 0.3 is 0 Å². The molecule has 166 valence electrons. The number of hydrogen-bond donors (Lipinski definition) is 2. The number of nitrogens with zero attached hydrogens (tertiary/aromatic N) is 5. The topological polar surface area (TPSA) is 96.8 Å². The summed E-state index contributed by atoms with van der Waals surface area (Å²) in [5.74, 6) is 1.98. The van der Waals surface area contributed by atoms with Crippen LogP contribution < -0.4 is 20.4 Å². The smallest absolute Gasteiger partial charge is 0.250 e. The van der Waals surface area contributed by atoms with Gasteiger partial charge < -0.3 is 19.7 Å². The molecule has 0 bridgehead atoms. The van der Waals surface area contributed by atoms with Crippen molar-refractivity contribution in [3.05, 3.63) is 57.0 Å². The fourth-order valence-corrected chi connectivity index (χ4v) is 4.50. The molecule has 4 rings (SSSR count). The zero-order valence-corrected chi connectivity index (χ0v) is 20.4. The second-order valence-electron chi connectivity index (χ2n) is 6.75. The van der Waals surface area contributed by atoms with Gasteiger partial charge in [-0.15, -0.1) is 0 Å². The van der Waals surface area contributed by atoms with E-state index < -0.39 is 0 Å². The van der Waals surface area contributed by atoms with E-state index in [4.69, 9.17) is 9.47 Å². The van der Waals surface area contributed by atoms with Gasteiger partial charge in [0.05, 0.1) is 31.0 Å². The predicted octanol–water partition coefficient (Wildman–Crippen LogP) is 4.43. The lowest BCUT2D eigenvalue weighted by Gasteiger charge is -2.27. The number of ether oxygens (including phenoxy) is 2. The summed E-state index contributed by atoms with van der Waals surface area (Å²) < 4.78 is 12.6. The average Bonchev–Trinajstić information content (AvgIpc) is 2.80. The molecule has 1 aromatic heterocycles. The van der Waals surface area contributed by atoms with Crippen LogP contribution in [-0.4, -0.2) is 54.6 Å². The molecular formula is C21H21Br2N7O2. The number of morpholine rings is 1. The van der Waals surface area contributed by atoms with Gasteiger partial charge in [-0.2, -0.15) is 20.1 Å². The number of nitrogens with one attached hydrogen (secondary N) is 2. The quantitative estimate of drug-likeness (QED) is 0.322. The van der Waals surface area contributed by atoms with Crippen LogP contribution in [0.4, 0.5) is 23.5 Å². The van der Waals surface area contributed by atoms with Crippen molar-refractivity contribution in [1.29, 1.82) is 0 Å². The Bertz CT molecular complexity index is 1090. The molecule has 1 fully saturated rings. The Balaban J connectivity index is 1.59. The van der Waals surface area contributed by atoms with E-state index in [1.54, 1.807) is 13.3 Å². The Morgan fingerprint density at radius 2 is 1.81 bits per heavy atom.